The molecule has 1 aromatic carbocycles. The topological polar surface area (TPSA) is 34.1 Å². The van der Waals surface area contributed by atoms with Crippen molar-refractivity contribution in [2.45, 2.75) is 30.9 Å². The average molecular weight is 341 g/mol. The van der Waals surface area contributed by atoms with Gasteiger partial charge in [0, 0.05) is 17.2 Å². The van der Waals surface area contributed by atoms with Gasteiger partial charge in [0.15, 0.2) is 9.84 Å². The van der Waals surface area contributed by atoms with Crippen LogP contribution in [0.25, 0.3) is 0 Å². The van der Waals surface area contributed by atoms with Gasteiger partial charge in [-0.3, -0.25) is 0 Å². The van der Waals surface area contributed by atoms with Crippen LogP contribution in [0.4, 0.5) is 4.39 Å². The van der Waals surface area contributed by atoms with Crippen molar-refractivity contribution in [1.82, 2.24) is 0 Å². The number of hydrogen-bond acceptors (Lipinski definition) is 2. The van der Waals surface area contributed by atoms with Crippen LogP contribution in [0.3, 0.4) is 0 Å². The molecule has 0 aromatic heterocycles. The van der Waals surface area contributed by atoms with Gasteiger partial charge in [-0.05, 0) is 38.0 Å². The molecule has 0 aliphatic heterocycles. The minimum Gasteiger partial charge on any atom is -0.229 e. The lowest BCUT2D eigenvalue weighted by Crippen LogP contribution is -2.34. The summed E-state index contributed by atoms with van der Waals surface area (Å²) in [6.45, 7) is 3.30. The monoisotopic (exact) mass is 340 g/mol. The van der Waals surface area contributed by atoms with Crippen molar-refractivity contribution in [2.24, 2.45) is 0 Å². The zero-order chi connectivity index (χ0) is 15.4. The molecule has 0 saturated heterocycles. The van der Waals surface area contributed by atoms with Crippen molar-refractivity contribution >= 4 is 33.0 Å². The smallest absolute Gasteiger partial charge is 0.152 e. The Bertz CT molecular complexity index is 523. The Morgan fingerprint density at radius 3 is 2.05 bits per heavy atom. The second-order valence-electron chi connectivity index (χ2n) is 5.22. The summed E-state index contributed by atoms with van der Waals surface area (Å²) in [6, 6.07) is 5.89. The molecule has 0 aliphatic rings. The summed E-state index contributed by atoms with van der Waals surface area (Å²) in [5.41, 5.74) is 0.113. The Kier molecular flexibility index (Phi) is 6.29. The van der Waals surface area contributed by atoms with Crippen molar-refractivity contribution < 1.29 is 12.8 Å². The largest absolute Gasteiger partial charge is 0.229 e. The van der Waals surface area contributed by atoms with E-state index in [-0.39, 0.29) is 23.3 Å². The van der Waals surface area contributed by atoms with Crippen LogP contribution in [0.15, 0.2) is 24.3 Å². The van der Waals surface area contributed by atoms with Crippen LogP contribution in [0.5, 0.6) is 0 Å². The highest BCUT2D eigenvalue weighted by atomic mass is 35.5. The molecule has 114 valence electrons. The Labute approximate surface area is 130 Å². The van der Waals surface area contributed by atoms with Crippen molar-refractivity contribution in [3.8, 4) is 0 Å². The summed E-state index contributed by atoms with van der Waals surface area (Å²) < 4.78 is 36.9. The van der Waals surface area contributed by atoms with E-state index in [2.05, 4.69) is 0 Å². The van der Waals surface area contributed by atoms with Crippen molar-refractivity contribution in [3.05, 3.63) is 35.6 Å². The number of halogens is 3. The van der Waals surface area contributed by atoms with E-state index in [9.17, 15) is 12.8 Å². The molecule has 0 spiro atoms. The van der Waals surface area contributed by atoms with E-state index in [4.69, 9.17) is 23.2 Å². The maximum absolute atomic E-state index is 13.0. The first-order chi connectivity index (χ1) is 9.27. The quantitative estimate of drug-likeness (QED) is 0.708. The van der Waals surface area contributed by atoms with Gasteiger partial charge in [0.25, 0.3) is 0 Å². The fourth-order valence-electron chi connectivity index (χ4n) is 1.84. The third-order valence-corrected chi connectivity index (χ3v) is 6.78. The predicted octanol–water partition coefficient (Wildman–Crippen LogP) is 3.75. The Morgan fingerprint density at radius 1 is 1.15 bits per heavy atom. The van der Waals surface area contributed by atoms with Crippen LogP contribution >= 0.6 is 23.2 Å². The first-order valence-corrected chi connectivity index (χ1v) is 9.15. The van der Waals surface area contributed by atoms with Gasteiger partial charge >= 0.3 is 0 Å². The third-order valence-electron chi connectivity index (χ3n) is 3.55. The predicted molar refractivity (Wildman–Crippen MR) is 83.1 cm³/mol. The lowest BCUT2D eigenvalue weighted by atomic mass is 9.82. The lowest BCUT2D eigenvalue weighted by molar-refractivity contribution is 0.508. The molecule has 0 bridgehead atoms. The summed E-state index contributed by atoms with van der Waals surface area (Å²) in [6.07, 6.45) is 0.326. The van der Waals surface area contributed by atoms with Gasteiger partial charge in [0.05, 0.1) is 11.0 Å². The molecule has 0 atom stereocenters. The molecular weight excluding hydrogens is 322 g/mol. The van der Waals surface area contributed by atoms with Crippen molar-refractivity contribution in [1.29, 1.82) is 0 Å². The minimum absolute atomic E-state index is 0.0154. The van der Waals surface area contributed by atoms with E-state index in [0.717, 1.165) is 5.56 Å². The molecule has 0 N–H and O–H groups in total. The van der Waals surface area contributed by atoms with Crippen molar-refractivity contribution in [3.63, 3.8) is 0 Å². The van der Waals surface area contributed by atoms with Crippen LogP contribution in [0, 0.1) is 5.82 Å². The molecular formula is C14H19Cl2FO2S. The normalized spacial score (nSPS) is 12.9. The highest BCUT2D eigenvalue weighted by molar-refractivity contribution is 7.91. The third kappa shape index (κ3) is 4.09. The molecule has 0 saturated carbocycles. The van der Waals surface area contributed by atoms with Gasteiger partial charge in [0.1, 0.15) is 5.82 Å². The summed E-state index contributed by atoms with van der Waals surface area (Å²) >= 11 is 12.1. The molecule has 0 unspecified atom stereocenters. The van der Waals surface area contributed by atoms with E-state index in [1.54, 1.807) is 26.0 Å². The van der Waals surface area contributed by atoms with E-state index in [0.29, 0.717) is 6.42 Å². The lowest BCUT2D eigenvalue weighted by Gasteiger charge is -2.30. The van der Waals surface area contributed by atoms with Gasteiger partial charge in [0.2, 0.25) is 0 Å². The fourth-order valence-corrected chi connectivity index (χ4v) is 3.85. The standard InChI is InChI=1S/C14H19Cl2FO2S/c1-11(2)20(18,19)8-7-14(9-15,10-16)12-3-5-13(17)6-4-12/h3-6,11H,7-10H2,1-2H3. The molecule has 20 heavy (non-hydrogen) atoms. The number of alkyl halides is 2. The van der Waals surface area contributed by atoms with Crippen molar-refractivity contribution in [2.75, 3.05) is 17.5 Å². The summed E-state index contributed by atoms with van der Waals surface area (Å²) in [4.78, 5) is 0. The fraction of sp³-hybridized carbons (Fsp3) is 0.571. The van der Waals surface area contributed by atoms with Crippen LogP contribution in [-0.4, -0.2) is 31.2 Å². The second-order valence-corrected chi connectivity index (χ2v) is 8.43. The Hall–Kier alpha value is -0.320. The highest BCUT2D eigenvalue weighted by Crippen LogP contribution is 2.32. The van der Waals surface area contributed by atoms with Crippen LogP contribution in [-0.2, 0) is 15.3 Å². The summed E-state index contributed by atoms with van der Waals surface area (Å²) in [5.74, 6) is 0.0501. The minimum atomic E-state index is -3.16. The molecule has 0 heterocycles. The Balaban J connectivity index is 3.01. The van der Waals surface area contributed by atoms with E-state index in [1.165, 1.54) is 12.1 Å². The molecule has 0 amide bonds. The SMILES string of the molecule is CC(C)S(=O)(=O)CCC(CCl)(CCl)c1ccc(F)cc1. The number of benzene rings is 1. The number of rotatable bonds is 7. The summed E-state index contributed by atoms with van der Waals surface area (Å²) in [5, 5.41) is -0.431. The first kappa shape index (κ1) is 17.7. The van der Waals surface area contributed by atoms with Crippen LogP contribution in [0.2, 0.25) is 0 Å². The molecule has 1 rings (SSSR count). The second kappa shape index (κ2) is 7.10. The number of hydrogen-bond donors (Lipinski definition) is 0. The number of sulfone groups is 1. The average Bonchev–Trinajstić information content (AvgIpc) is 2.42. The molecule has 0 aliphatic carbocycles. The molecule has 0 radical (unpaired) electrons. The zero-order valence-electron chi connectivity index (χ0n) is 11.6. The maximum Gasteiger partial charge on any atom is 0.152 e. The first-order valence-electron chi connectivity index (χ1n) is 6.37. The Morgan fingerprint density at radius 2 is 1.65 bits per heavy atom. The van der Waals surface area contributed by atoms with Gasteiger partial charge in [-0.15, -0.1) is 23.2 Å². The van der Waals surface area contributed by atoms with Crippen LogP contribution < -0.4 is 0 Å². The molecule has 0 fully saturated rings. The zero-order valence-corrected chi connectivity index (χ0v) is 13.9. The van der Waals surface area contributed by atoms with E-state index >= 15 is 0 Å². The molecule has 2 nitrogen and oxygen atoms in total. The van der Waals surface area contributed by atoms with Gasteiger partial charge in [-0.2, -0.15) is 0 Å². The summed E-state index contributed by atoms with van der Waals surface area (Å²) in [7, 11) is -3.16. The van der Waals surface area contributed by atoms with Gasteiger partial charge in [-0.1, -0.05) is 12.1 Å². The van der Waals surface area contributed by atoms with Gasteiger partial charge in [-0.25, -0.2) is 12.8 Å². The molecule has 6 heteroatoms. The van der Waals surface area contributed by atoms with E-state index in [1.807, 2.05) is 0 Å². The van der Waals surface area contributed by atoms with Crippen LogP contribution in [0.1, 0.15) is 25.8 Å². The van der Waals surface area contributed by atoms with Gasteiger partial charge < -0.3 is 0 Å². The van der Waals surface area contributed by atoms with E-state index < -0.39 is 20.5 Å². The molecule has 1 aromatic rings. The highest BCUT2D eigenvalue weighted by Gasteiger charge is 2.33. The maximum atomic E-state index is 13.0.